The Morgan fingerprint density at radius 3 is 2.83 bits per heavy atom. The number of nitrogens with one attached hydrogen (secondary N) is 1. The van der Waals surface area contributed by atoms with Crippen molar-refractivity contribution < 1.29 is 19.0 Å². The maximum atomic E-state index is 12.4. The standard InChI is InChI=1S/C17H16ClNO4/c1-21-14-8-12(9-15-16(14)23-7-6-22-15)17(20)19-10-11-4-2-3-5-13(11)18/h2-5,8-9H,6-7,10H2,1H3,(H,19,20). The molecule has 0 atom stereocenters. The molecule has 2 aromatic rings. The van der Waals surface area contributed by atoms with Crippen LogP contribution in [0.5, 0.6) is 17.2 Å². The van der Waals surface area contributed by atoms with Crippen LogP contribution in [0.2, 0.25) is 5.02 Å². The van der Waals surface area contributed by atoms with Gasteiger partial charge < -0.3 is 19.5 Å². The van der Waals surface area contributed by atoms with Crippen LogP contribution in [-0.2, 0) is 6.54 Å². The summed E-state index contributed by atoms with van der Waals surface area (Å²) >= 11 is 6.09. The van der Waals surface area contributed by atoms with Crippen molar-refractivity contribution in [1.82, 2.24) is 5.32 Å². The monoisotopic (exact) mass is 333 g/mol. The van der Waals surface area contributed by atoms with E-state index in [4.69, 9.17) is 25.8 Å². The van der Waals surface area contributed by atoms with Crippen LogP contribution in [0, 0.1) is 0 Å². The zero-order valence-corrected chi connectivity index (χ0v) is 13.4. The Morgan fingerprint density at radius 1 is 1.26 bits per heavy atom. The first-order chi connectivity index (χ1) is 11.2. The molecule has 0 aromatic heterocycles. The number of amides is 1. The Bertz CT molecular complexity index is 715. The zero-order chi connectivity index (χ0) is 16.2. The number of rotatable bonds is 4. The molecule has 120 valence electrons. The molecule has 23 heavy (non-hydrogen) atoms. The Hall–Kier alpha value is -2.40. The van der Waals surface area contributed by atoms with E-state index in [0.717, 1.165) is 5.56 Å². The Kier molecular flexibility index (Phi) is 4.57. The summed E-state index contributed by atoms with van der Waals surface area (Å²) in [5, 5.41) is 3.46. The van der Waals surface area contributed by atoms with Crippen molar-refractivity contribution in [2.45, 2.75) is 6.54 Å². The van der Waals surface area contributed by atoms with Gasteiger partial charge >= 0.3 is 0 Å². The summed E-state index contributed by atoms with van der Waals surface area (Å²) in [4.78, 5) is 12.4. The molecule has 1 amide bonds. The van der Waals surface area contributed by atoms with E-state index in [0.29, 0.717) is 47.6 Å². The molecule has 6 heteroatoms. The summed E-state index contributed by atoms with van der Waals surface area (Å²) in [5.74, 6) is 1.28. The third-order valence-corrected chi connectivity index (χ3v) is 3.86. The van der Waals surface area contributed by atoms with Crippen LogP contribution in [0.3, 0.4) is 0 Å². The maximum absolute atomic E-state index is 12.4. The summed E-state index contributed by atoms with van der Waals surface area (Å²) in [7, 11) is 1.53. The number of ether oxygens (including phenoxy) is 3. The molecule has 0 radical (unpaired) electrons. The van der Waals surface area contributed by atoms with Gasteiger partial charge in [0.05, 0.1) is 7.11 Å². The van der Waals surface area contributed by atoms with E-state index in [1.165, 1.54) is 7.11 Å². The highest BCUT2D eigenvalue weighted by Gasteiger charge is 2.20. The number of fused-ring (bicyclic) bond motifs is 1. The van der Waals surface area contributed by atoms with Crippen LogP contribution in [0.15, 0.2) is 36.4 Å². The van der Waals surface area contributed by atoms with Crippen molar-refractivity contribution in [3.05, 3.63) is 52.5 Å². The molecule has 0 spiro atoms. The number of benzene rings is 2. The normalized spacial score (nSPS) is 12.6. The summed E-state index contributed by atoms with van der Waals surface area (Å²) in [5.41, 5.74) is 1.30. The molecule has 1 heterocycles. The number of halogens is 1. The van der Waals surface area contributed by atoms with E-state index in [2.05, 4.69) is 5.32 Å². The lowest BCUT2D eigenvalue weighted by molar-refractivity contribution is 0.0949. The Morgan fingerprint density at radius 2 is 2.04 bits per heavy atom. The van der Waals surface area contributed by atoms with Gasteiger partial charge in [-0.15, -0.1) is 0 Å². The van der Waals surface area contributed by atoms with E-state index < -0.39 is 0 Å². The van der Waals surface area contributed by atoms with Gasteiger partial charge in [0.1, 0.15) is 13.2 Å². The van der Waals surface area contributed by atoms with Crippen LogP contribution in [-0.4, -0.2) is 26.2 Å². The van der Waals surface area contributed by atoms with Crippen LogP contribution in [0.4, 0.5) is 0 Å². The Labute approximate surface area is 139 Å². The number of methoxy groups -OCH3 is 1. The van der Waals surface area contributed by atoms with Gasteiger partial charge in [0, 0.05) is 17.1 Å². The van der Waals surface area contributed by atoms with E-state index in [1.54, 1.807) is 18.2 Å². The van der Waals surface area contributed by atoms with Crippen molar-refractivity contribution in [2.75, 3.05) is 20.3 Å². The van der Waals surface area contributed by atoms with Crippen molar-refractivity contribution >= 4 is 17.5 Å². The predicted molar refractivity (Wildman–Crippen MR) is 86.6 cm³/mol. The minimum atomic E-state index is -0.236. The molecular weight excluding hydrogens is 318 g/mol. The van der Waals surface area contributed by atoms with Crippen molar-refractivity contribution in [1.29, 1.82) is 0 Å². The number of hydrogen-bond acceptors (Lipinski definition) is 4. The fourth-order valence-corrected chi connectivity index (χ4v) is 2.53. The summed E-state index contributed by atoms with van der Waals surface area (Å²) in [6, 6.07) is 10.7. The molecular formula is C17H16ClNO4. The second-order valence-electron chi connectivity index (χ2n) is 4.98. The van der Waals surface area contributed by atoms with Gasteiger partial charge in [0.15, 0.2) is 11.5 Å². The van der Waals surface area contributed by atoms with Crippen molar-refractivity contribution in [3.63, 3.8) is 0 Å². The molecule has 1 aliphatic heterocycles. The van der Waals surface area contributed by atoms with Gasteiger partial charge in [0.25, 0.3) is 5.91 Å². The first kappa shape index (κ1) is 15.5. The van der Waals surface area contributed by atoms with Crippen molar-refractivity contribution in [3.8, 4) is 17.2 Å². The predicted octanol–water partition coefficient (Wildman–Crippen LogP) is 3.05. The number of carbonyl (C=O) groups excluding carboxylic acids is 1. The minimum absolute atomic E-state index is 0.236. The largest absolute Gasteiger partial charge is 0.493 e. The summed E-state index contributed by atoms with van der Waals surface area (Å²) in [6.45, 7) is 1.25. The maximum Gasteiger partial charge on any atom is 0.251 e. The third-order valence-electron chi connectivity index (χ3n) is 3.49. The first-order valence-corrected chi connectivity index (χ1v) is 7.56. The second kappa shape index (κ2) is 6.79. The van der Waals surface area contributed by atoms with Crippen molar-refractivity contribution in [2.24, 2.45) is 0 Å². The quantitative estimate of drug-likeness (QED) is 0.934. The van der Waals surface area contributed by atoms with Gasteiger partial charge in [-0.3, -0.25) is 4.79 Å². The molecule has 0 unspecified atom stereocenters. The first-order valence-electron chi connectivity index (χ1n) is 7.18. The molecule has 1 aliphatic rings. The lowest BCUT2D eigenvalue weighted by Gasteiger charge is -2.21. The molecule has 0 saturated heterocycles. The van der Waals surface area contributed by atoms with E-state index >= 15 is 0 Å². The average molecular weight is 334 g/mol. The van der Waals surface area contributed by atoms with Gasteiger partial charge in [-0.2, -0.15) is 0 Å². The lowest BCUT2D eigenvalue weighted by atomic mass is 10.1. The highest BCUT2D eigenvalue weighted by molar-refractivity contribution is 6.31. The minimum Gasteiger partial charge on any atom is -0.493 e. The summed E-state index contributed by atoms with van der Waals surface area (Å²) in [6.07, 6.45) is 0. The topological polar surface area (TPSA) is 56.8 Å². The molecule has 5 nitrogen and oxygen atoms in total. The molecule has 0 saturated carbocycles. The third kappa shape index (κ3) is 3.35. The van der Waals surface area contributed by atoms with Crippen LogP contribution in [0.25, 0.3) is 0 Å². The molecule has 2 aromatic carbocycles. The fraction of sp³-hybridized carbons (Fsp3) is 0.235. The average Bonchev–Trinajstić information content (AvgIpc) is 2.59. The van der Waals surface area contributed by atoms with Gasteiger partial charge in [-0.1, -0.05) is 29.8 Å². The van der Waals surface area contributed by atoms with Gasteiger partial charge in [-0.05, 0) is 23.8 Å². The molecule has 0 bridgehead atoms. The van der Waals surface area contributed by atoms with Gasteiger partial charge in [-0.25, -0.2) is 0 Å². The molecule has 3 rings (SSSR count). The van der Waals surface area contributed by atoms with Crippen LogP contribution < -0.4 is 19.5 Å². The second-order valence-corrected chi connectivity index (χ2v) is 5.38. The van der Waals surface area contributed by atoms with E-state index in [-0.39, 0.29) is 5.91 Å². The number of carbonyl (C=O) groups is 1. The highest BCUT2D eigenvalue weighted by Crippen LogP contribution is 2.40. The van der Waals surface area contributed by atoms with E-state index in [9.17, 15) is 4.79 Å². The smallest absolute Gasteiger partial charge is 0.251 e. The molecule has 0 aliphatic carbocycles. The Balaban J connectivity index is 1.78. The lowest BCUT2D eigenvalue weighted by Crippen LogP contribution is -2.24. The molecule has 1 N–H and O–H groups in total. The highest BCUT2D eigenvalue weighted by atomic mass is 35.5. The van der Waals surface area contributed by atoms with Crippen LogP contribution in [0.1, 0.15) is 15.9 Å². The SMILES string of the molecule is COc1cc(C(=O)NCc2ccccc2Cl)cc2c1OCCO2. The van der Waals surface area contributed by atoms with Gasteiger partial charge in [0.2, 0.25) is 5.75 Å². The summed E-state index contributed by atoms with van der Waals surface area (Å²) < 4.78 is 16.3. The zero-order valence-electron chi connectivity index (χ0n) is 12.6. The fourth-order valence-electron chi connectivity index (χ4n) is 2.32. The molecule has 0 fully saturated rings. The van der Waals surface area contributed by atoms with E-state index in [1.807, 2.05) is 18.2 Å². The number of hydrogen-bond donors (Lipinski definition) is 1. The van der Waals surface area contributed by atoms with Crippen LogP contribution >= 0.6 is 11.6 Å².